The maximum absolute atomic E-state index is 12.6. The van der Waals surface area contributed by atoms with Gasteiger partial charge in [-0.25, -0.2) is 5.10 Å². The highest BCUT2D eigenvalue weighted by Crippen LogP contribution is 2.24. The van der Waals surface area contributed by atoms with Crippen molar-refractivity contribution in [3.63, 3.8) is 0 Å². The van der Waals surface area contributed by atoms with Crippen LogP contribution in [0.1, 0.15) is 36.2 Å². The number of carbonyl (C=O) groups excluding carboxylic acids is 1. The molecule has 0 saturated heterocycles. The molecule has 2 atom stereocenters. The van der Waals surface area contributed by atoms with Crippen molar-refractivity contribution in [1.82, 2.24) is 15.5 Å². The first kappa shape index (κ1) is 17.4. The summed E-state index contributed by atoms with van der Waals surface area (Å²) in [6.45, 7) is 0.574. The van der Waals surface area contributed by atoms with Crippen LogP contribution in [0.4, 0.5) is 0 Å². The molecule has 0 aliphatic heterocycles. The number of nitrogens with two attached hydrogens (primary N) is 1. The minimum absolute atomic E-state index is 0. The monoisotopic (exact) mass is 336 g/mol. The number of amides is 1. The smallest absolute Gasteiger partial charge is 0.272 e. The number of H-pyrrole nitrogens is 1. The van der Waals surface area contributed by atoms with Gasteiger partial charge in [0.1, 0.15) is 0 Å². The Kier molecular flexibility index (Phi) is 5.74. The summed E-state index contributed by atoms with van der Waals surface area (Å²) >= 11 is 0. The van der Waals surface area contributed by atoms with E-state index in [4.69, 9.17) is 5.73 Å². The molecule has 0 bridgehead atoms. The molecular formula is C16H21ClN4O2. The molecule has 23 heavy (non-hydrogen) atoms. The molecule has 0 radical (unpaired) electrons. The Hall–Kier alpha value is -1.92. The van der Waals surface area contributed by atoms with Crippen LogP contribution < -0.4 is 16.6 Å². The number of benzene rings is 1. The Bertz CT molecular complexity index is 746. The van der Waals surface area contributed by atoms with Crippen molar-refractivity contribution in [3.8, 4) is 0 Å². The highest BCUT2D eigenvalue weighted by molar-refractivity contribution is 6.04. The summed E-state index contributed by atoms with van der Waals surface area (Å²) in [6.07, 6.45) is 4.24. The molecule has 2 aromatic rings. The van der Waals surface area contributed by atoms with Crippen LogP contribution in [0.5, 0.6) is 0 Å². The SMILES string of the molecule is Cl.NCC1CCCCC1NC(=O)c1n[nH]c(=O)c2ccccc12. The van der Waals surface area contributed by atoms with Crippen molar-refractivity contribution in [2.24, 2.45) is 11.7 Å². The van der Waals surface area contributed by atoms with Crippen LogP contribution >= 0.6 is 12.4 Å². The molecule has 1 saturated carbocycles. The number of halogens is 1. The maximum atomic E-state index is 12.6. The van der Waals surface area contributed by atoms with E-state index in [1.807, 2.05) is 0 Å². The van der Waals surface area contributed by atoms with E-state index < -0.39 is 0 Å². The lowest BCUT2D eigenvalue weighted by atomic mass is 9.84. The molecule has 0 spiro atoms. The van der Waals surface area contributed by atoms with Gasteiger partial charge >= 0.3 is 0 Å². The maximum Gasteiger partial charge on any atom is 0.272 e. The lowest BCUT2D eigenvalue weighted by molar-refractivity contribution is 0.0904. The van der Waals surface area contributed by atoms with Gasteiger partial charge in [0.15, 0.2) is 5.69 Å². The molecule has 1 aromatic heterocycles. The summed E-state index contributed by atoms with van der Waals surface area (Å²) < 4.78 is 0. The number of aromatic nitrogens is 2. The molecular weight excluding hydrogens is 316 g/mol. The van der Waals surface area contributed by atoms with Crippen LogP contribution in [-0.4, -0.2) is 28.7 Å². The fraction of sp³-hybridized carbons (Fsp3) is 0.438. The largest absolute Gasteiger partial charge is 0.348 e. The van der Waals surface area contributed by atoms with Gasteiger partial charge in [-0.05, 0) is 31.4 Å². The van der Waals surface area contributed by atoms with Gasteiger partial charge in [0.05, 0.1) is 5.39 Å². The Labute approximate surface area is 140 Å². The van der Waals surface area contributed by atoms with E-state index in [2.05, 4.69) is 15.5 Å². The second-order valence-electron chi connectivity index (χ2n) is 5.81. The van der Waals surface area contributed by atoms with Crippen molar-refractivity contribution in [2.45, 2.75) is 31.7 Å². The molecule has 2 unspecified atom stereocenters. The van der Waals surface area contributed by atoms with Gasteiger partial charge in [-0.2, -0.15) is 5.10 Å². The second kappa shape index (κ2) is 7.57. The lowest BCUT2D eigenvalue weighted by Crippen LogP contribution is -2.45. The molecule has 6 nitrogen and oxygen atoms in total. The second-order valence-corrected chi connectivity index (χ2v) is 5.81. The summed E-state index contributed by atoms with van der Waals surface area (Å²) in [6, 6.07) is 7.08. The number of aromatic amines is 1. The zero-order chi connectivity index (χ0) is 15.5. The van der Waals surface area contributed by atoms with Crippen LogP contribution in [0.3, 0.4) is 0 Å². The van der Waals surface area contributed by atoms with Crippen LogP contribution in [0.2, 0.25) is 0 Å². The van der Waals surface area contributed by atoms with E-state index in [0.29, 0.717) is 23.2 Å². The molecule has 124 valence electrons. The number of rotatable bonds is 3. The summed E-state index contributed by atoms with van der Waals surface area (Å²) in [7, 11) is 0. The minimum Gasteiger partial charge on any atom is -0.348 e. The molecule has 3 rings (SSSR count). The predicted molar refractivity (Wildman–Crippen MR) is 91.9 cm³/mol. The fourth-order valence-corrected chi connectivity index (χ4v) is 3.20. The van der Waals surface area contributed by atoms with E-state index in [1.54, 1.807) is 24.3 Å². The molecule has 1 aromatic carbocycles. The van der Waals surface area contributed by atoms with Gasteiger partial charge in [0, 0.05) is 11.4 Å². The topological polar surface area (TPSA) is 101 Å². The standard InChI is InChI=1S/C16H20N4O2.ClH/c17-9-10-5-1-4-8-13(10)18-16(22)14-11-6-2-3-7-12(11)15(21)20-19-14;/h2-3,6-7,10,13H,1,4-5,8-9,17H2,(H,18,22)(H,20,21);1H. The summed E-state index contributed by atoms with van der Waals surface area (Å²) in [5.74, 6) is 0.0597. The summed E-state index contributed by atoms with van der Waals surface area (Å²) in [4.78, 5) is 24.3. The van der Waals surface area contributed by atoms with Crippen molar-refractivity contribution in [1.29, 1.82) is 0 Å². The first-order valence-corrected chi connectivity index (χ1v) is 7.69. The van der Waals surface area contributed by atoms with Crippen LogP contribution in [0.25, 0.3) is 10.8 Å². The van der Waals surface area contributed by atoms with Crippen molar-refractivity contribution < 1.29 is 4.79 Å². The molecule has 1 heterocycles. The minimum atomic E-state index is -0.287. The number of nitrogens with zero attached hydrogens (tertiary/aromatic N) is 1. The molecule has 1 aliphatic rings. The number of carbonyl (C=O) groups is 1. The predicted octanol–water partition coefficient (Wildman–Crippen LogP) is 1.59. The zero-order valence-electron chi connectivity index (χ0n) is 12.7. The van der Waals surface area contributed by atoms with Crippen LogP contribution in [0.15, 0.2) is 29.1 Å². The molecule has 1 aliphatic carbocycles. The third-order valence-electron chi connectivity index (χ3n) is 4.44. The van der Waals surface area contributed by atoms with Crippen molar-refractivity contribution >= 4 is 29.1 Å². The number of hydrogen-bond acceptors (Lipinski definition) is 4. The first-order valence-electron chi connectivity index (χ1n) is 7.69. The highest BCUT2D eigenvalue weighted by Gasteiger charge is 2.26. The highest BCUT2D eigenvalue weighted by atomic mass is 35.5. The van der Waals surface area contributed by atoms with Gasteiger partial charge in [0.25, 0.3) is 11.5 Å². The third-order valence-corrected chi connectivity index (χ3v) is 4.44. The Morgan fingerprint density at radius 1 is 1.26 bits per heavy atom. The van der Waals surface area contributed by atoms with E-state index >= 15 is 0 Å². The van der Waals surface area contributed by atoms with E-state index in [-0.39, 0.29) is 35.6 Å². The van der Waals surface area contributed by atoms with E-state index in [9.17, 15) is 9.59 Å². The molecule has 7 heteroatoms. The van der Waals surface area contributed by atoms with Gasteiger partial charge in [-0.3, -0.25) is 9.59 Å². The van der Waals surface area contributed by atoms with Gasteiger partial charge in [-0.15, -0.1) is 12.4 Å². The summed E-state index contributed by atoms with van der Waals surface area (Å²) in [5.41, 5.74) is 5.78. The quantitative estimate of drug-likeness (QED) is 0.792. The van der Waals surface area contributed by atoms with Crippen LogP contribution in [0, 0.1) is 5.92 Å². The number of hydrogen-bond donors (Lipinski definition) is 3. The Morgan fingerprint density at radius 3 is 2.70 bits per heavy atom. The Balaban J connectivity index is 0.00000192. The third kappa shape index (κ3) is 3.54. The lowest BCUT2D eigenvalue weighted by Gasteiger charge is -2.31. The molecule has 4 N–H and O–H groups in total. The fourth-order valence-electron chi connectivity index (χ4n) is 3.20. The Morgan fingerprint density at radius 2 is 1.96 bits per heavy atom. The number of nitrogens with one attached hydrogen (secondary N) is 2. The summed E-state index contributed by atoms with van der Waals surface area (Å²) in [5, 5.41) is 10.4. The number of fused-ring (bicyclic) bond motifs is 1. The van der Waals surface area contributed by atoms with Crippen molar-refractivity contribution in [2.75, 3.05) is 6.54 Å². The van der Waals surface area contributed by atoms with Gasteiger partial charge < -0.3 is 11.1 Å². The van der Waals surface area contributed by atoms with E-state index in [1.165, 1.54) is 0 Å². The first-order chi connectivity index (χ1) is 10.7. The van der Waals surface area contributed by atoms with Crippen LogP contribution in [-0.2, 0) is 0 Å². The van der Waals surface area contributed by atoms with Gasteiger partial charge in [-0.1, -0.05) is 31.0 Å². The average molecular weight is 337 g/mol. The van der Waals surface area contributed by atoms with Crippen molar-refractivity contribution in [3.05, 3.63) is 40.3 Å². The molecule has 1 amide bonds. The van der Waals surface area contributed by atoms with Gasteiger partial charge in [0.2, 0.25) is 0 Å². The molecule has 1 fully saturated rings. The zero-order valence-corrected chi connectivity index (χ0v) is 13.6. The average Bonchev–Trinajstić information content (AvgIpc) is 2.56. The normalized spacial score (nSPS) is 20.7. The van der Waals surface area contributed by atoms with E-state index in [0.717, 1.165) is 25.7 Å².